The molecule has 0 radical (unpaired) electrons. The third-order valence-corrected chi connectivity index (χ3v) is 13.2. The summed E-state index contributed by atoms with van der Waals surface area (Å²) in [5.74, 6) is -0.475. The molecule has 0 saturated carbocycles. The van der Waals surface area contributed by atoms with Crippen LogP contribution < -0.4 is 0 Å². The summed E-state index contributed by atoms with van der Waals surface area (Å²) in [4.78, 5) is 9.10. The van der Waals surface area contributed by atoms with E-state index in [9.17, 15) is 24.7 Å². The zero-order valence-electron chi connectivity index (χ0n) is 76.4. The number of aromatic nitrogens is 6. The van der Waals surface area contributed by atoms with E-state index >= 15 is 0 Å². The Morgan fingerprint density at radius 3 is 1.25 bits per heavy atom. The van der Waals surface area contributed by atoms with Crippen LogP contribution in [0, 0.1) is 0 Å². The molecule has 0 N–H and O–H groups in total. The minimum atomic E-state index is -1.04. The van der Waals surface area contributed by atoms with Gasteiger partial charge in [0.2, 0.25) is 0 Å². The van der Waals surface area contributed by atoms with Crippen LogP contribution in [0.15, 0.2) is 259 Å². The Hall–Kier alpha value is -10.5. The predicted octanol–water partition coefficient (Wildman–Crippen LogP) is 18.1. The second-order valence-corrected chi connectivity index (χ2v) is 17.2. The number of para-hydroxylation sites is 6. The van der Waals surface area contributed by atoms with Gasteiger partial charge in [-0.15, -0.1) is 0 Å². The molecule has 0 aliphatic rings. The van der Waals surface area contributed by atoms with E-state index in [2.05, 4.69) is 9.97 Å². The Balaban J connectivity index is 0.947. The summed E-state index contributed by atoms with van der Waals surface area (Å²) >= 11 is 0. The first-order valence-corrected chi connectivity index (χ1v) is 23.0. The molecule has 6 aromatic heterocycles. The van der Waals surface area contributed by atoms with Crippen molar-refractivity contribution in [2.45, 2.75) is 0 Å². The fraction of sp³-hybridized carbons (Fsp3) is 0. The SMILES string of the molecule is [2H]c1c([2H])c([2H])c(-n2c3c([2H])c([2H])c([2H])c([2H])c3c3c([2H])c(-c4c([2H])c([2H])c5c6c([2H])c([2H])c([2H])c([2H])c6n(-c6ccc7oc8c(-n9c%10c([2H])c([2H])c([2H])c([2H])c%10c%10c([2H])c([2H])c(-c%11c([2H])c([2H])c%12c(c%11[2H])c%11c([2H])c([2H])c([2H])c([2H])c%11n%12-c%11c([2H])c([2H])c([2H])c([2H])c%11[2H])c([2H])c%109)ncnc8c7c6)c5c4[2H])c([2H])c([2H])c32)c([2H])c1[2H]. The fourth-order valence-corrected chi connectivity index (χ4v) is 10.0. The maximum Gasteiger partial charge on any atom is 0.197 e. The molecule has 17 aromatic rings. The van der Waals surface area contributed by atoms with Gasteiger partial charge in [-0.05, 0) is 125 Å². The first kappa shape index (κ1) is 19.6. The van der Waals surface area contributed by atoms with Crippen molar-refractivity contribution in [2.24, 2.45) is 0 Å². The van der Waals surface area contributed by atoms with Crippen LogP contribution in [0.25, 0.3) is 154 Å². The van der Waals surface area contributed by atoms with Crippen molar-refractivity contribution in [3.8, 4) is 45.1 Å². The summed E-state index contributed by atoms with van der Waals surface area (Å²) in [5.41, 5.74) is -10.1. The summed E-state index contributed by atoms with van der Waals surface area (Å²) < 4.78 is 360. The van der Waals surface area contributed by atoms with Gasteiger partial charge in [-0.1, -0.05) is 145 Å². The van der Waals surface area contributed by atoms with Crippen molar-refractivity contribution < 1.29 is 56.5 Å². The summed E-state index contributed by atoms with van der Waals surface area (Å²) in [7, 11) is 0. The number of benzene rings is 11. The highest BCUT2D eigenvalue weighted by atomic mass is 16.3. The molecule has 0 aliphatic heterocycles. The van der Waals surface area contributed by atoms with Crippen LogP contribution in [0.4, 0.5) is 0 Å². The van der Waals surface area contributed by atoms with Crippen LogP contribution >= 0.6 is 0 Å². The van der Waals surface area contributed by atoms with Crippen LogP contribution in [0.2, 0.25) is 0 Å². The summed E-state index contributed by atoms with van der Waals surface area (Å²) in [6.45, 7) is 0. The highest BCUT2D eigenvalue weighted by Gasteiger charge is 2.23. The molecular formula is C70H42N6O. The van der Waals surface area contributed by atoms with Crippen molar-refractivity contribution >= 4 is 109 Å². The Morgan fingerprint density at radius 1 is 0.312 bits per heavy atom. The van der Waals surface area contributed by atoms with Gasteiger partial charge >= 0.3 is 0 Å². The van der Waals surface area contributed by atoms with Crippen molar-refractivity contribution in [2.75, 3.05) is 0 Å². The fourth-order valence-electron chi connectivity index (χ4n) is 10.0. The predicted molar refractivity (Wildman–Crippen MR) is 318 cm³/mol. The number of furan rings is 1. The lowest BCUT2D eigenvalue weighted by atomic mass is 10.0. The Kier molecular flexibility index (Phi) is 4.08. The molecule has 0 fully saturated rings. The van der Waals surface area contributed by atoms with Gasteiger partial charge in [0.15, 0.2) is 11.4 Å². The zero-order valence-corrected chi connectivity index (χ0v) is 38.4. The minimum absolute atomic E-state index is 0.0352. The number of hydrogen-bond donors (Lipinski definition) is 0. The first-order valence-electron chi connectivity index (χ1n) is 42.0. The van der Waals surface area contributed by atoms with E-state index in [-0.39, 0.29) is 27.8 Å². The number of hydrogen-bond acceptors (Lipinski definition) is 3. The molecule has 0 saturated heterocycles. The third-order valence-electron chi connectivity index (χ3n) is 13.2. The molecular weight excluding hydrogens is 941 g/mol. The van der Waals surface area contributed by atoms with Gasteiger partial charge in [-0.2, -0.15) is 0 Å². The molecule has 0 amide bonds. The third kappa shape index (κ3) is 6.08. The largest absolute Gasteiger partial charge is 0.450 e. The lowest BCUT2D eigenvalue weighted by molar-refractivity contribution is 0.662. The van der Waals surface area contributed by atoms with Gasteiger partial charge in [0, 0.05) is 65.5 Å². The van der Waals surface area contributed by atoms with Crippen LogP contribution in [-0.2, 0) is 0 Å². The summed E-state index contributed by atoms with van der Waals surface area (Å²) in [5, 5.41) is -4.27. The molecule has 358 valence electrons. The molecule has 7 heteroatoms. The molecule has 11 aromatic carbocycles. The molecule has 6 heterocycles. The van der Waals surface area contributed by atoms with Gasteiger partial charge in [0.25, 0.3) is 0 Å². The number of nitrogens with zero attached hydrogens (tertiary/aromatic N) is 6. The molecule has 7 nitrogen and oxygen atoms in total. The number of fused-ring (bicyclic) bond motifs is 15. The van der Waals surface area contributed by atoms with E-state index in [1.165, 1.54) is 18.2 Å². The van der Waals surface area contributed by atoms with Crippen LogP contribution in [-0.4, -0.2) is 28.2 Å². The maximum atomic E-state index is 10.3. The molecule has 0 bridgehead atoms. The van der Waals surface area contributed by atoms with Crippen molar-refractivity contribution in [1.29, 1.82) is 0 Å². The Morgan fingerprint density at radius 2 is 0.714 bits per heavy atom. The highest BCUT2D eigenvalue weighted by Crippen LogP contribution is 2.43. The van der Waals surface area contributed by atoms with Crippen molar-refractivity contribution in [3.63, 3.8) is 0 Å². The molecule has 0 spiro atoms. The molecule has 17 rings (SSSR count). The minimum Gasteiger partial charge on any atom is -0.450 e. The van der Waals surface area contributed by atoms with Crippen molar-refractivity contribution in [1.82, 2.24) is 28.2 Å². The molecule has 0 unspecified atom stereocenters. The van der Waals surface area contributed by atoms with Crippen LogP contribution in [0.1, 0.15) is 52.1 Å². The monoisotopic (exact) mass is 1020 g/mol. The van der Waals surface area contributed by atoms with Crippen LogP contribution in [0.5, 0.6) is 0 Å². The van der Waals surface area contributed by atoms with Crippen LogP contribution in [0.3, 0.4) is 0 Å². The quantitative estimate of drug-likeness (QED) is 0.167. The lowest BCUT2D eigenvalue weighted by Crippen LogP contribution is -1.99. The van der Waals surface area contributed by atoms with Gasteiger partial charge < -0.3 is 18.1 Å². The summed E-state index contributed by atoms with van der Waals surface area (Å²) in [6, 6.07) is -30.2. The van der Waals surface area contributed by atoms with E-state index in [1.54, 1.807) is 0 Å². The Labute approximate surface area is 493 Å². The number of rotatable bonds is 6. The summed E-state index contributed by atoms with van der Waals surface area (Å²) in [6.07, 6.45) is 0.944. The average Bonchev–Trinajstić information content (AvgIpc) is 1.54. The zero-order chi connectivity index (χ0) is 83.4. The van der Waals surface area contributed by atoms with E-state index in [0.29, 0.717) is 0 Å². The normalized spacial score (nSPS) is 19.1. The van der Waals surface area contributed by atoms with Gasteiger partial charge in [0.05, 0.1) is 96.2 Å². The van der Waals surface area contributed by atoms with Crippen molar-refractivity contribution in [3.05, 3.63) is 254 Å². The van der Waals surface area contributed by atoms with Gasteiger partial charge in [0.1, 0.15) is 17.4 Å². The Bertz CT molecular complexity index is 7580. The topological polar surface area (TPSA) is 58.6 Å². The molecule has 0 atom stereocenters. The standard InChI is InChI=1S/C70H42N6O/c1-3-15-47(16-4-1)73-60-24-12-9-21-52(60)56-37-43(29-34-63(56)73)45-27-32-54-50-19-7-11-23-59(50)75(65(54)39-45)49-31-36-67-58(41-49)68-69(77-67)70(72-42-71-68)76-62-26-14-8-20-51(62)55-33-28-46(40-66(55)76)44-30-35-64-57(38-44)53-22-10-13-25-61(53)74(64)48-17-5-2-6-18-48/h1-42H/i1D,2D,3D,4D,5D,6D,7D,8D,9D,10D,11D,12D,13D,14D,15D,16D,17D,18D,19D,20D,21D,22D,23D,24D,25D,26D,27D,28D,29D,30D,32D,33D,34D,35D,37D,38D,39D,40D. The van der Waals surface area contributed by atoms with E-state index in [0.717, 1.165) is 24.6 Å². The highest BCUT2D eigenvalue weighted by molar-refractivity contribution is 6.16. The lowest BCUT2D eigenvalue weighted by Gasteiger charge is -2.10. The second kappa shape index (κ2) is 16.0. The molecule has 0 aliphatic carbocycles. The smallest absolute Gasteiger partial charge is 0.197 e. The maximum absolute atomic E-state index is 10.3. The van der Waals surface area contributed by atoms with Gasteiger partial charge in [-0.25, -0.2) is 9.97 Å². The molecule has 77 heavy (non-hydrogen) atoms. The second-order valence-electron chi connectivity index (χ2n) is 17.2. The average molecular weight is 1020 g/mol. The van der Waals surface area contributed by atoms with E-state index in [4.69, 9.17) is 31.8 Å². The van der Waals surface area contributed by atoms with E-state index < -0.39 is 356 Å². The first-order chi connectivity index (χ1) is 54.0. The van der Waals surface area contributed by atoms with Gasteiger partial charge in [-0.3, -0.25) is 4.57 Å². The van der Waals surface area contributed by atoms with E-state index in [1.807, 2.05) is 0 Å².